The van der Waals surface area contributed by atoms with Gasteiger partial charge >= 0.3 is 0 Å². The maximum Gasteiger partial charge on any atom is 0.220 e. The molecule has 3 rings (SSSR count). The van der Waals surface area contributed by atoms with Crippen molar-refractivity contribution in [1.82, 2.24) is 20.6 Å². The second-order valence-corrected chi connectivity index (χ2v) is 7.65. The molecule has 2 atom stereocenters. The van der Waals surface area contributed by atoms with Gasteiger partial charge in [0.25, 0.3) is 0 Å². The molecule has 9 heteroatoms. The molecule has 0 spiro atoms. The van der Waals surface area contributed by atoms with Crippen LogP contribution in [0, 0.1) is 0 Å². The lowest BCUT2D eigenvalue weighted by Gasteiger charge is -2.30. The number of hydrogen-bond donors (Lipinski definition) is 3. The number of aromatic amines is 1. The van der Waals surface area contributed by atoms with E-state index >= 15 is 0 Å². The zero-order valence-electron chi connectivity index (χ0n) is 17.1. The highest BCUT2D eigenvalue weighted by atomic mass is 35.5. The average Bonchev–Trinajstić information content (AvgIpc) is 3.14. The Hall–Kier alpha value is -2.74. The molecule has 2 heterocycles. The van der Waals surface area contributed by atoms with Gasteiger partial charge in [-0.2, -0.15) is 0 Å². The van der Waals surface area contributed by atoms with Crippen LogP contribution < -0.4 is 10.6 Å². The van der Waals surface area contributed by atoms with Crippen molar-refractivity contribution in [3.8, 4) is 0 Å². The summed E-state index contributed by atoms with van der Waals surface area (Å²) in [5, 5.41) is 7.22. The first-order valence-electron chi connectivity index (χ1n) is 10.0. The number of aliphatic imine (C=N–C) groups is 2. The lowest BCUT2D eigenvalue weighted by Crippen LogP contribution is -2.45. The fraction of sp³-hybridized carbons (Fsp3) is 0.429. The van der Waals surface area contributed by atoms with Gasteiger partial charge in [0.15, 0.2) is 11.7 Å². The van der Waals surface area contributed by atoms with Gasteiger partial charge in [-0.1, -0.05) is 37.9 Å². The Bertz CT molecular complexity index is 999. The molecule has 30 heavy (non-hydrogen) atoms. The molecule has 160 valence electrons. The number of carbonyl (C=O) groups is 1. The molecule has 1 aliphatic carbocycles. The number of nitrogens with zero attached hydrogens (tertiary/aromatic N) is 3. The number of pyridine rings is 1. The molecule has 0 bridgehead atoms. The monoisotopic (exact) mass is 432 g/mol. The van der Waals surface area contributed by atoms with Crippen LogP contribution in [0.4, 0.5) is 4.39 Å². The summed E-state index contributed by atoms with van der Waals surface area (Å²) in [6, 6.07) is 1.41. The van der Waals surface area contributed by atoms with Gasteiger partial charge in [0.1, 0.15) is 11.5 Å². The molecule has 0 radical (unpaired) electrons. The summed E-state index contributed by atoms with van der Waals surface area (Å²) in [5.41, 5.74) is 1.33. The van der Waals surface area contributed by atoms with E-state index in [4.69, 9.17) is 11.6 Å². The van der Waals surface area contributed by atoms with Crippen LogP contribution in [0.15, 0.2) is 40.9 Å². The number of amidine groups is 2. The second-order valence-electron chi connectivity index (χ2n) is 7.21. The van der Waals surface area contributed by atoms with Gasteiger partial charge in [0.2, 0.25) is 5.91 Å². The third kappa shape index (κ3) is 5.05. The predicted molar refractivity (Wildman–Crippen MR) is 119 cm³/mol. The van der Waals surface area contributed by atoms with Crippen molar-refractivity contribution in [2.24, 2.45) is 9.98 Å². The van der Waals surface area contributed by atoms with Crippen LogP contribution in [0.3, 0.4) is 0 Å². The van der Waals surface area contributed by atoms with Crippen LogP contribution in [-0.4, -0.2) is 46.7 Å². The maximum atomic E-state index is 14.3. The highest BCUT2D eigenvalue weighted by Crippen LogP contribution is 2.23. The zero-order chi connectivity index (χ0) is 21.7. The molecule has 1 amide bonds. The SMILES string of the molecule is C=C(F)C(=N[C@@H]1CCCC[C@H]1NC(=O)CC)NC(=NC)c1c[nH]c2ncc(Cl)cc12. The highest BCUT2D eigenvalue weighted by molar-refractivity contribution is 6.31. The molecule has 1 fully saturated rings. The van der Waals surface area contributed by atoms with Crippen molar-refractivity contribution < 1.29 is 9.18 Å². The summed E-state index contributed by atoms with van der Waals surface area (Å²) in [5.74, 6) is -0.316. The van der Waals surface area contributed by atoms with E-state index in [1.165, 1.54) is 0 Å². The van der Waals surface area contributed by atoms with Crippen LogP contribution in [0.1, 0.15) is 44.6 Å². The summed E-state index contributed by atoms with van der Waals surface area (Å²) >= 11 is 6.08. The lowest BCUT2D eigenvalue weighted by molar-refractivity contribution is -0.121. The summed E-state index contributed by atoms with van der Waals surface area (Å²) in [4.78, 5) is 28.0. The minimum absolute atomic E-state index is 0.00239. The molecular weight excluding hydrogens is 407 g/mol. The van der Waals surface area contributed by atoms with E-state index in [0.717, 1.165) is 31.1 Å². The number of hydrogen-bond acceptors (Lipinski definition) is 4. The van der Waals surface area contributed by atoms with Gasteiger partial charge < -0.3 is 15.6 Å². The highest BCUT2D eigenvalue weighted by Gasteiger charge is 2.27. The number of rotatable bonds is 5. The Morgan fingerprint density at radius 3 is 2.90 bits per heavy atom. The van der Waals surface area contributed by atoms with Gasteiger partial charge in [-0.15, -0.1) is 0 Å². The number of carbonyl (C=O) groups excluding carboxylic acids is 1. The summed E-state index contributed by atoms with van der Waals surface area (Å²) in [6.45, 7) is 5.23. The second kappa shape index (κ2) is 9.84. The number of halogens is 2. The van der Waals surface area contributed by atoms with E-state index in [9.17, 15) is 9.18 Å². The van der Waals surface area contributed by atoms with E-state index in [-0.39, 0.29) is 23.8 Å². The molecule has 1 aliphatic rings. The minimum atomic E-state index is -0.696. The average molecular weight is 433 g/mol. The Kier molecular flexibility index (Phi) is 7.20. The van der Waals surface area contributed by atoms with E-state index < -0.39 is 5.83 Å². The summed E-state index contributed by atoms with van der Waals surface area (Å²) in [6.07, 6.45) is 7.23. The van der Waals surface area contributed by atoms with Crippen molar-refractivity contribution in [2.45, 2.75) is 51.1 Å². The summed E-state index contributed by atoms with van der Waals surface area (Å²) in [7, 11) is 1.60. The maximum absolute atomic E-state index is 14.3. The molecule has 3 N–H and O–H groups in total. The Morgan fingerprint density at radius 2 is 2.20 bits per heavy atom. The van der Waals surface area contributed by atoms with Gasteiger partial charge in [0.05, 0.1) is 17.1 Å². The first-order chi connectivity index (χ1) is 14.4. The number of nitrogens with one attached hydrogen (secondary N) is 3. The zero-order valence-corrected chi connectivity index (χ0v) is 17.9. The Balaban J connectivity index is 1.88. The number of fused-ring (bicyclic) bond motifs is 1. The Morgan fingerprint density at radius 1 is 1.43 bits per heavy atom. The van der Waals surface area contributed by atoms with Crippen LogP contribution in [0.5, 0.6) is 0 Å². The lowest BCUT2D eigenvalue weighted by atomic mass is 9.90. The largest absolute Gasteiger partial charge is 0.351 e. The molecule has 0 unspecified atom stereocenters. The van der Waals surface area contributed by atoms with Crippen molar-refractivity contribution >= 4 is 40.2 Å². The smallest absolute Gasteiger partial charge is 0.220 e. The predicted octanol–water partition coefficient (Wildman–Crippen LogP) is 3.90. The first-order valence-corrected chi connectivity index (χ1v) is 10.4. The topological polar surface area (TPSA) is 94.5 Å². The fourth-order valence-corrected chi connectivity index (χ4v) is 3.77. The van der Waals surface area contributed by atoms with Gasteiger partial charge in [-0.3, -0.25) is 14.8 Å². The first kappa shape index (κ1) is 22.0. The standard InChI is InChI=1S/C21H26ClFN6O/c1-4-18(30)27-16-7-5-6-8-17(16)28-19(12(2)23)29-20(24-3)15-11-26-21-14(15)9-13(22)10-25-21/h9-11,16-17H,2,4-8H2,1,3H3,(H,25,26)(H,27,30)(H,24,28,29)/t16-,17-/m1/s1. The molecule has 0 aliphatic heterocycles. The van der Waals surface area contributed by atoms with Crippen LogP contribution >= 0.6 is 11.6 Å². The van der Waals surface area contributed by atoms with Crippen molar-refractivity contribution in [3.63, 3.8) is 0 Å². The van der Waals surface area contributed by atoms with Crippen molar-refractivity contribution in [1.29, 1.82) is 0 Å². The molecular formula is C21H26ClFN6O. The van der Waals surface area contributed by atoms with E-state index in [1.54, 1.807) is 32.4 Å². The van der Waals surface area contributed by atoms with E-state index in [0.29, 0.717) is 28.5 Å². The third-order valence-electron chi connectivity index (χ3n) is 5.16. The minimum Gasteiger partial charge on any atom is -0.351 e. The fourth-order valence-electron chi connectivity index (χ4n) is 3.61. The van der Waals surface area contributed by atoms with Crippen molar-refractivity contribution in [2.75, 3.05) is 7.05 Å². The molecule has 7 nitrogen and oxygen atoms in total. The molecule has 0 aromatic carbocycles. The number of amides is 1. The van der Waals surface area contributed by atoms with E-state index in [1.807, 2.05) is 0 Å². The van der Waals surface area contributed by atoms with Gasteiger partial charge in [-0.05, 0) is 18.9 Å². The van der Waals surface area contributed by atoms with Crippen LogP contribution in [0.25, 0.3) is 11.0 Å². The molecule has 2 aromatic rings. The van der Waals surface area contributed by atoms with E-state index in [2.05, 4.69) is 37.2 Å². The van der Waals surface area contributed by atoms with Crippen molar-refractivity contribution in [3.05, 3.63) is 41.5 Å². The third-order valence-corrected chi connectivity index (χ3v) is 5.37. The molecule has 0 saturated heterocycles. The van der Waals surface area contributed by atoms with Crippen LogP contribution in [0.2, 0.25) is 5.02 Å². The van der Waals surface area contributed by atoms with Gasteiger partial charge in [-0.25, -0.2) is 9.37 Å². The molecule has 1 saturated carbocycles. The normalized spacial score (nSPS) is 20.3. The Labute approximate surface area is 179 Å². The quantitative estimate of drug-likeness (QED) is 0.494. The number of H-pyrrole nitrogens is 1. The summed E-state index contributed by atoms with van der Waals surface area (Å²) < 4.78 is 14.3. The number of aromatic nitrogens is 2. The van der Waals surface area contributed by atoms with Gasteiger partial charge in [0, 0.05) is 36.8 Å². The van der Waals surface area contributed by atoms with Crippen LogP contribution in [-0.2, 0) is 4.79 Å². The molecule has 2 aromatic heterocycles.